The number of sulfonamides is 1. The third kappa shape index (κ3) is 4.99. The minimum atomic E-state index is -3.46. The maximum atomic E-state index is 12.6. The summed E-state index contributed by atoms with van der Waals surface area (Å²) in [4.78, 5) is 12.5. The van der Waals surface area contributed by atoms with Crippen LogP contribution in [-0.2, 0) is 26.1 Å². The maximum Gasteiger partial charge on any atom is 0.243 e. The lowest BCUT2D eigenvalue weighted by atomic mass is 10.2. The molecule has 2 saturated heterocycles. The highest BCUT2D eigenvalue weighted by atomic mass is 32.2. The van der Waals surface area contributed by atoms with Gasteiger partial charge in [0, 0.05) is 25.4 Å². The molecule has 2 aliphatic rings. The number of amides is 1. The second-order valence-electron chi connectivity index (χ2n) is 7.25. The van der Waals surface area contributed by atoms with Gasteiger partial charge in [0.25, 0.3) is 0 Å². The Kier molecular flexibility index (Phi) is 6.66. The van der Waals surface area contributed by atoms with Crippen LogP contribution in [0.15, 0.2) is 34.3 Å². The number of hydrogen-bond donors (Lipinski definition) is 1. The molecule has 0 bridgehead atoms. The molecule has 0 aliphatic carbocycles. The molecule has 10 nitrogen and oxygen atoms in total. The summed E-state index contributed by atoms with van der Waals surface area (Å²) in [7, 11) is -3.46. The van der Waals surface area contributed by atoms with Crippen LogP contribution in [0.4, 0.5) is 5.69 Å². The van der Waals surface area contributed by atoms with Crippen molar-refractivity contribution in [3.05, 3.63) is 24.3 Å². The van der Waals surface area contributed by atoms with Crippen molar-refractivity contribution >= 4 is 33.4 Å². The van der Waals surface area contributed by atoms with Crippen LogP contribution < -0.4 is 5.32 Å². The molecule has 2 aromatic rings. The Morgan fingerprint density at radius 1 is 1.20 bits per heavy atom. The highest BCUT2D eigenvalue weighted by Gasteiger charge is 2.27. The van der Waals surface area contributed by atoms with Crippen LogP contribution >= 0.6 is 11.8 Å². The number of anilines is 1. The van der Waals surface area contributed by atoms with Crippen LogP contribution in [0, 0.1) is 0 Å². The summed E-state index contributed by atoms with van der Waals surface area (Å²) in [5, 5.41) is 15.0. The van der Waals surface area contributed by atoms with E-state index >= 15 is 0 Å². The third-order valence-electron chi connectivity index (χ3n) is 5.07. The zero-order valence-corrected chi connectivity index (χ0v) is 18.1. The van der Waals surface area contributed by atoms with Crippen LogP contribution in [0.5, 0.6) is 0 Å². The van der Waals surface area contributed by atoms with E-state index in [1.165, 1.54) is 28.2 Å². The highest BCUT2D eigenvalue weighted by Crippen LogP contribution is 2.23. The number of ether oxygens (including phenoxy) is 1. The molecule has 1 N–H and O–H groups in total. The monoisotopic (exact) mass is 452 g/mol. The molecular weight excluding hydrogens is 428 g/mol. The van der Waals surface area contributed by atoms with E-state index in [1.54, 1.807) is 16.8 Å². The summed E-state index contributed by atoms with van der Waals surface area (Å²) in [6.07, 6.45) is 3.91. The molecule has 30 heavy (non-hydrogen) atoms. The van der Waals surface area contributed by atoms with E-state index in [0.717, 1.165) is 32.3 Å². The van der Waals surface area contributed by atoms with Gasteiger partial charge in [-0.25, -0.2) is 13.1 Å². The van der Waals surface area contributed by atoms with E-state index in [9.17, 15) is 13.2 Å². The van der Waals surface area contributed by atoms with E-state index in [1.807, 2.05) is 0 Å². The van der Waals surface area contributed by atoms with Crippen molar-refractivity contribution in [3.8, 4) is 0 Å². The molecule has 2 aliphatic heterocycles. The quantitative estimate of drug-likeness (QED) is 0.597. The number of thioether (sulfide) groups is 1. The molecule has 162 valence electrons. The Morgan fingerprint density at radius 3 is 2.67 bits per heavy atom. The second kappa shape index (κ2) is 9.41. The molecule has 0 saturated carbocycles. The molecule has 0 spiro atoms. The van der Waals surface area contributed by atoms with E-state index in [0.29, 0.717) is 30.5 Å². The standard InChI is InChI=1S/C18H24N6O4S2/c25-17(13-29-18-20-21-22-24(18)12-15-4-3-11-28-15)19-14-5-7-16(8-6-14)30(26,27)23-9-1-2-10-23/h5-8,15H,1-4,9-13H2,(H,19,25)/t15-/m1/s1. The van der Waals surface area contributed by atoms with E-state index in [-0.39, 0.29) is 22.7 Å². The first-order chi connectivity index (χ1) is 14.5. The fourth-order valence-electron chi connectivity index (χ4n) is 3.51. The highest BCUT2D eigenvalue weighted by molar-refractivity contribution is 7.99. The first-order valence-electron chi connectivity index (χ1n) is 9.93. The van der Waals surface area contributed by atoms with Gasteiger partial charge in [-0.05, 0) is 60.4 Å². The van der Waals surface area contributed by atoms with Crippen molar-refractivity contribution in [1.29, 1.82) is 0 Å². The lowest BCUT2D eigenvalue weighted by Gasteiger charge is -2.15. The summed E-state index contributed by atoms with van der Waals surface area (Å²) in [6, 6.07) is 6.26. The Balaban J connectivity index is 1.30. The summed E-state index contributed by atoms with van der Waals surface area (Å²) < 4.78 is 33.9. The number of rotatable bonds is 8. The Labute approximate surface area is 179 Å². The fourth-order valence-corrected chi connectivity index (χ4v) is 5.71. The van der Waals surface area contributed by atoms with Crippen molar-refractivity contribution in [2.45, 2.75) is 48.4 Å². The summed E-state index contributed by atoms with van der Waals surface area (Å²) in [6.45, 7) is 2.45. The van der Waals surface area contributed by atoms with Gasteiger partial charge in [-0.3, -0.25) is 4.79 Å². The zero-order valence-electron chi connectivity index (χ0n) is 16.4. The molecular formula is C18H24N6O4S2. The molecule has 3 heterocycles. The number of hydrogen-bond acceptors (Lipinski definition) is 8. The van der Waals surface area contributed by atoms with Gasteiger partial charge in [0.2, 0.25) is 21.1 Å². The minimum absolute atomic E-state index is 0.108. The molecule has 0 radical (unpaired) electrons. The molecule has 2 fully saturated rings. The van der Waals surface area contributed by atoms with Crippen LogP contribution in [0.1, 0.15) is 25.7 Å². The summed E-state index contributed by atoms with van der Waals surface area (Å²) >= 11 is 1.25. The van der Waals surface area contributed by atoms with E-state index in [4.69, 9.17) is 4.74 Å². The van der Waals surface area contributed by atoms with Gasteiger partial charge < -0.3 is 10.1 Å². The predicted octanol–water partition coefficient (Wildman–Crippen LogP) is 1.37. The summed E-state index contributed by atoms with van der Waals surface area (Å²) in [5.74, 6) is -0.0819. The number of nitrogens with zero attached hydrogens (tertiary/aromatic N) is 5. The summed E-state index contributed by atoms with van der Waals surface area (Å²) in [5.41, 5.74) is 0.542. The second-order valence-corrected chi connectivity index (χ2v) is 10.1. The lowest BCUT2D eigenvalue weighted by Crippen LogP contribution is -2.27. The molecule has 4 rings (SSSR count). The van der Waals surface area contributed by atoms with Gasteiger partial charge >= 0.3 is 0 Å². The van der Waals surface area contributed by atoms with Crippen molar-refractivity contribution in [2.75, 3.05) is 30.8 Å². The SMILES string of the molecule is O=C(CSc1nnnn1C[C@H]1CCCO1)Nc1ccc(S(=O)(=O)N2CCCC2)cc1. The van der Waals surface area contributed by atoms with Crippen LogP contribution in [-0.4, -0.2) is 70.4 Å². The Bertz CT molecular complexity index is 967. The van der Waals surface area contributed by atoms with Crippen molar-refractivity contribution in [3.63, 3.8) is 0 Å². The van der Waals surface area contributed by atoms with Gasteiger partial charge in [0.1, 0.15) is 0 Å². The Morgan fingerprint density at radius 2 is 1.97 bits per heavy atom. The van der Waals surface area contributed by atoms with E-state index in [2.05, 4.69) is 20.8 Å². The average Bonchev–Trinajstić information content (AvgIpc) is 3.50. The number of nitrogens with one attached hydrogen (secondary N) is 1. The molecule has 1 aromatic carbocycles. The number of carbonyl (C=O) groups excluding carboxylic acids is 1. The number of aromatic nitrogens is 4. The van der Waals surface area contributed by atoms with Gasteiger partial charge in [-0.1, -0.05) is 11.8 Å². The lowest BCUT2D eigenvalue weighted by molar-refractivity contribution is -0.113. The van der Waals surface area contributed by atoms with Crippen molar-refractivity contribution in [1.82, 2.24) is 24.5 Å². The normalized spacial score (nSPS) is 19.9. The van der Waals surface area contributed by atoms with Gasteiger partial charge in [-0.2, -0.15) is 4.31 Å². The molecule has 1 amide bonds. The third-order valence-corrected chi connectivity index (χ3v) is 7.94. The van der Waals surface area contributed by atoms with Crippen molar-refractivity contribution in [2.24, 2.45) is 0 Å². The van der Waals surface area contributed by atoms with Gasteiger partial charge in [-0.15, -0.1) is 5.10 Å². The maximum absolute atomic E-state index is 12.6. The topological polar surface area (TPSA) is 119 Å². The van der Waals surface area contributed by atoms with Crippen LogP contribution in [0.2, 0.25) is 0 Å². The predicted molar refractivity (Wildman–Crippen MR) is 111 cm³/mol. The van der Waals surface area contributed by atoms with Gasteiger partial charge in [0.15, 0.2) is 0 Å². The Hall–Kier alpha value is -2.02. The smallest absolute Gasteiger partial charge is 0.243 e. The largest absolute Gasteiger partial charge is 0.376 e. The zero-order chi connectivity index (χ0) is 21.0. The van der Waals surface area contributed by atoms with E-state index < -0.39 is 10.0 Å². The number of carbonyl (C=O) groups is 1. The average molecular weight is 453 g/mol. The molecule has 1 atom stereocenters. The molecule has 1 aromatic heterocycles. The van der Waals surface area contributed by atoms with Crippen molar-refractivity contribution < 1.29 is 17.9 Å². The fraction of sp³-hybridized carbons (Fsp3) is 0.556. The molecule has 12 heteroatoms. The van der Waals surface area contributed by atoms with Gasteiger partial charge in [0.05, 0.1) is 23.3 Å². The minimum Gasteiger partial charge on any atom is -0.376 e. The van der Waals surface area contributed by atoms with Crippen LogP contribution in [0.25, 0.3) is 0 Å². The number of tetrazole rings is 1. The van der Waals surface area contributed by atoms with Crippen LogP contribution in [0.3, 0.4) is 0 Å². The molecule has 0 unspecified atom stereocenters. The first-order valence-corrected chi connectivity index (χ1v) is 12.4. The number of benzene rings is 1. The first kappa shape index (κ1) is 21.2.